The Hall–Kier alpha value is -3.29. The second-order valence-electron chi connectivity index (χ2n) is 6.10. The summed E-state index contributed by atoms with van der Waals surface area (Å²) in [5, 5.41) is 5.19. The fraction of sp³-hybridized carbons (Fsp3) is 0.316. The standard InChI is InChI=1S/C19H21N3O5/c1-13-19(25)22(15-6-2-3-7-16(15)27-13)9-8-17(23)21-12-18(24)20-11-14-5-4-10-26-14/h2-7,10,13H,8-9,11-12H2,1H3,(H,20,24)(H,21,23). The lowest BCUT2D eigenvalue weighted by Crippen LogP contribution is -2.46. The van der Waals surface area contributed by atoms with Gasteiger partial charge in [-0.1, -0.05) is 12.1 Å². The van der Waals surface area contributed by atoms with E-state index in [2.05, 4.69) is 10.6 Å². The van der Waals surface area contributed by atoms with Crippen molar-refractivity contribution < 1.29 is 23.5 Å². The first kappa shape index (κ1) is 18.5. The number of para-hydroxylation sites is 2. The Morgan fingerprint density at radius 1 is 1.11 bits per heavy atom. The van der Waals surface area contributed by atoms with E-state index in [0.29, 0.717) is 17.2 Å². The van der Waals surface area contributed by atoms with Crippen molar-refractivity contribution in [2.45, 2.75) is 26.0 Å². The number of hydrogen-bond donors (Lipinski definition) is 2. The molecule has 2 aromatic rings. The van der Waals surface area contributed by atoms with Crippen LogP contribution in [0.15, 0.2) is 47.1 Å². The van der Waals surface area contributed by atoms with Gasteiger partial charge in [0.15, 0.2) is 6.10 Å². The molecule has 1 aromatic carbocycles. The molecule has 142 valence electrons. The van der Waals surface area contributed by atoms with Crippen molar-refractivity contribution in [3.8, 4) is 5.75 Å². The molecule has 3 rings (SSSR count). The van der Waals surface area contributed by atoms with Crippen LogP contribution in [-0.2, 0) is 20.9 Å². The fourth-order valence-electron chi connectivity index (χ4n) is 2.73. The Morgan fingerprint density at radius 3 is 2.70 bits per heavy atom. The highest BCUT2D eigenvalue weighted by atomic mass is 16.5. The van der Waals surface area contributed by atoms with Gasteiger partial charge in [-0.2, -0.15) is 0 Å². The van der Waals surface area contributed by atoms with Gasteiger partial charge in [0, 0.05) is 13.0 Å². The number of furan rings is 1. The van der Waals surface area contributed by atoms with Crippen LogP contribution in [0.3, 0.4) is 0 Å². The van der Waals surface area contributed by atoms with Crippen LogP contribution >= 0.6 is 0 Å². The number of rotatable bonds is 7. The molecule has 0 saturated carbocycles. The normalized spacial score (nSPS) is 15.7. The average Bonchev–Trinajstić information content (AvgIpc) is 3.18. The summed E-state index contributed by atoms with van der Waals surface area (Å²) in [5.74, 6) is 0.419. The highest BCUT2D eigenvalue weighted by Gasteiger charge is 2.31. The third-order valence-corrected chi connectivity index (χ3v) is 4.12. The molecule has 0 saturated heterocycles. The first-order chi connectivity index (χ1) is 13.0. The maximum Gasteiger partial charge on any atom is 0.267 e. The Morgan fingerprint density at radius 2 is 1.93 bits per heavy atom. The molecular formula is C19H21N3O5. The predicted octanol–water partition coefficient (Wildman–Crippen LogP) is 1.22. The zero-order chi connectivity index (χ0) is 19.2. The minimum absolute atomic E-state index is 0.0816. The highest BCUT2D eigenvalue weighted by Crippen LogP contribution is 2.33. The van der Waals surface area contributed by atoms with Crippen LogP contribution in [0.25, 0.3) is 0 Å². The third-order valence-electron chi connectivity index (χ3n) is 4.12. The Bertz CT molecular complexity index is 819. The molecule has 0 fully saturated rings. The summed E-state index contributed by atoms with van der Waals surface area (Å²) in [6.45, 7) is 2.01. The van der Waals surface area contributed by atoms with Crippen molar-refractivity contribution in [2.75, 3.05) is 18.0 Å². The SMILES string of the molecule is CC1Oc2ccccc2N(CCC(=O)NCC(=O)NCc2ccco2)C1=O. The number of carbonyl (C=O) groups excluding carboxylic acids is 3. The predicted molar refractivity (Wildman–Crippen MR) is 97.1 cm³/mol. The van der Waals surface area contributed by atoms with Crippen LogP contribution in [0.5, 0.6) is 5.75 Å². The van der Waals surface area contributed by atoms with Gasteiger partial charge in [-0.15, -0.1) is 0 Å². The molecule has 2 N–H and O–H groups in total. The van der Waals surface area contributed by atoms with Crippen molar-refractivity contribution in [1.82, 2.24) is 10.6 Å². The van der Waals surface area contributed by atoms with Gasteiger partial charge in [-0.05, 0) is 31.2 Å². The number of carbonyl (C=O) groups is 3. The van der Waals surface area contributed by atoms with E-state index >= 15 is 0 Å². The largest absolute Gasteiger partial charge is 0.479 e. The molecule has 0 bridgehead atoms. The van der Waals surface area contributed by atoms with Crippen molar-refractivity contribution in [1.29, 1.82) is 0 Å². The van der Waals surface area contributed by atoms with Gasteiger partial charge in [0.05, 0.1) is 25.0 Å². The van der Waals surface area contributed by atoms with E-state index in [1.54, 1.807) is 36.1 Å². The van der Waals surface area contributed by atoms with Crippen LogP contribution < -0.4 is 20.3 Å². The first-order valence-electron chi connectivity index (χ1n) is 8.67. The summed E-state index contributed by atoms with van der Waals surface area (Å²) in [7, 11) is 0. The summed E-state index contributed by atoms with van der Waals surface area (Å²) < 4.78 is 10.7. The topological polar surface area (TPSA) is 101 Å². The van der Waals surface area contributed by atoms with Crippen LogP contribution in [0.2, 0.25) is 0 Å². The molecule has 3 amide bonds. The van der Waals surface area contributed by atoms with Gasteiger partial charge >= 0.3 is 0 Å². The zero-order valence-electron chi connectivity index (χ0n) is 14.9. The van der Waals surface area contributed by atoms with Gasteiger partial charge in [-0.25, -0.2) is 0 Å². The number of benzene rings is 1. The zero-order valence-corrected chi connectivity index (χ0v) is 14.9. The number of hydrogen-bond acceptors (Lipinski definition) is 5. The fourth-order valence-corrected chi connectivity index (χ4v) is 2.73. The molecule has 27 heavy (non-hydrogen) atoms. The summed E-state index contributed by atoms with van der Waals surface area (Å²) in [4.78, 5) is 37.7. The molecule has 1 atom stereocenters. The molecule has 2 heterocycles. The van der Waals surface area contributed by atoms with Crippen LogP contribution in [0, 0.1) is 0 Å². The molecular weight excluding hydrogens is 350 g/mol. The van der Waals surface area contributed by atoms with E-state index in [1.165, 1.54) is 6.26 Å². The van der Waals surface area contributed by atoms with Gasteiger partial charge in [-0.3, -0.25) is 14.4 Å². The van der Waals surface area contributed by atoms with Crippen molar-refractivity contribution >= 4 is 23.4 Å². The Kier molecular flexibility index (Phi) is 5.75. The molecule has 1 aliphatic rings. The number of amides is 3. The molecule has 8 nitrogen and oxygen atoms in total. The van der Waals surface area contributed by atoms with E-state index < -0.39 is 6.10 Å². The number of fused-ring (bicyclic) bond motifs is 1. The summed E-state index contributed by atoms with van der Waals surface area (Å²) in [6.07, 6.45) is 1.00. The lowest BCUT2D eigenvalue weighted by atomic mass is 10.1. The lowest BCUT2D eigenvalue weighted by molar-refractivity contribution is -0.127. The smallest absolute Gasteiger partial charge is 0.267 e. The second-order valence-corrected chi connectivity index (χ2v) is 6.10. The molecule has 1 unspecified atom stereocenters. The molecule has 0 radical (unpaired) electrons. The minimum atomic E-state index is -0.602. The Labute approximate surface area is 156 Å². The second kappa shape index (κ2) is 8.39. The van der Waals surface area contributed by atoms with Crippen molar-refractivity contribution in [2.24, 2.45) is 0 Å². The number of nitrogens with zero attached hydrogens (tertiary/aromatic N) is 1. The van der Waals surface area contributed by atoms with E-state index in [1.807, 2.05) is 12.1 Å². The molecule has 0 aliphatic carbocycles. The van der Waals surface area contributed by atoms with Crippen molar-refractivity contribution in [3.05, 3.63) is 48.4 Å². The van der Waals surface area contributed by atoms with E-state index in [-0.39, 0.29) is 43.8 Å². The lowest BCUT2D eigenvalue weighted by Gasteiger charge is -2.32. The van der Waals surface area contributed by atoms with E-state index in [0.717, 1.165) is 0 Å². The maximum atomic E-state index is 12.4. The summed E-state index contributed by atoms with van der Waals surface area (Å²) in [5.41, 5.74) is 0.643. The van der Waals surface area contributed by atoms with Gasteiger partial charge in [0.25, 0.3) is 5.91 Å². The monoisotopic (exact) mass is 371 g/mol. The van der Waals surface area contributed by atoms with E-state index in [4.69, 9.17) is 9.15 Å². The van der Waals surface area contributed by atoms with Crippen LogP contribution in [-0.4, -0.2) is 36.9 Å². The molecule has 8 heteroatoms. The average molecular weight is 371 g/mol. The quantitative estimate of drug-likeness (QED) is 0.762. The summed E-state index contributed by atoms with van der Waals surface area (Å²) >= 11 is 0. The maximum absolute atomic E-state index is 12.4. The minimum Gasteiger partial charge on any atom is -0.479 e. The third kappa shape index (κ3) is 4.66. The van der Waals surface area contributed by atoms with Gasteiger partial charge in [0.2, 0.25) is 11.8 Å². The van der Waals surface area contributed by atoms with Crippen LogP contribution in [0.1, 0.15) is 19.1 Å². The molecule has 0 spiro atoms. The highest BCUT2D eigenvalue weighted by molar-refractivity contribution is 6.00. The van der Waals surface area contributed by atoms with E-state index in [9.17, 15) is 14.4 Å². The van der Waals surface area contributed by atoms with Crippen molar-refractivity contribution in [3.63, 3.8) is 0 Å². The Balaban J connectivity index is 1.46. The first-order valence-corrected chi connectivity index (χ1v) is 8.67. The van der Waals surface area contributed by atoms with Gasteiger partial charge in [0.1, 0.15) is 11.5 Å². The van der Waals surface area contributed by atoms with Gasteiger partial charge < -0.3 is 24.7 Å². The molecule has 1 aromatic heterocycles. The number of anilines is 1. The summed E-state index contributed by atoms with van der Waals surface area (Å²) in [6, 6.07) is 10.7. The van der Waals surface area contributed by atoms with Crippen LogP contribution in [0.4, 0.5) is 5.69 Å². The number of ether oxygens (including phenoxy) is 1. The molecule has 1 aliphatic heterocycles. The number of nitrogens with one attached hydrogen (secondary N) is 2.